The van der Waals surface area contributed by atoms with Crippen LogP contribution in [0.5, 0.6) is 0 Å². The second-order valence-electron chi connectivity index (χ2n) is 4.98. The van der Waals surface area contributed by atoms with Crippen LogP contribution in [0.3, 0.4) is 0 Å². The van der Waals surface area contributed by atoms with Crippen LogP contribution < -0.4 is 0 Å². The van der Waals surface area contributed by atoms with Crippen molar-refractivity contribution >= 4 is 21.6 Å². The third-order valence-electron chi connectivity index (χ3n) is 3.54. The summed E-state index contributed by atoms with van der Waals surface area (Å²) in [5.41, 5.74) is 0. The van der Waals surface area contributed by atoms with Gasteiger partial charge in [0.2, 0.25) is 15.3 Å². The van der Waals surface area contributed by atoms with Crippen molar-refractivity contribution in [2.24, 2.45) is 5.92 Å². The second kappa shape index (κ2) is 6.15. The molecule has 0 bridgehead atoms. The first-order chi connectivity index (χ1) is 9.00. The van der Waals surface area contributed by atoms with Gasteiger partial charge < -0.3 is 0 Å². The summed E-state index contributed by atoms with van der Waals surface area (Å²) in [6, 6.07) is 0. The SMILES string of the molecule is CN(CC1CCCCC1)S(=O)(=O)c1cnc(Cl)nc1. The van der Waals surface area contributed by atoms with Crippen molar-refractivity contribution in [3.05, 3.63) is 17.7 Å². The van der Waals surface area contributed by atoms with E-state index in [2.05, 4.69) is 9.97 Å². The van der Waals surface area contributed by atoms with Gasteiger partial charge in [-0.3, -0.25) is 0 Å². The lowest BCUT2D eigenvalue weighted by Gasteiger charge is -2.26. The zero-order valence-corrected chi connectivity index (χ0v) is 12.5. The molecule has 7 heteroatoms. The molecule has 19 heavy (non-hydrogen) atoms. The molecule has 0 amide bonds. The molecule has 0 aliphatic heterocycles. The summed E-state index contributed by atoms with van der Waals surface area (Å²) in [5, 5.41) is 0.0499. The maximum absolute atomic E-state index is 12.3. The largest absolute Gasteiger partial charge is 0.245 e. The Labute approximate surface area is 119 Å². The van der Waals surface area contributed by atoms with E-state index in [1.54, 1.807) is 7.05 Å². The van der Waals surface area contributed by atoms with E-state index >= 15 is 0 Å². The van der Waals surface area contributed by atoms with Gasteiger partial charge in [0.25, 0.3) is 0 Å². The van der Waals surface area contributed by atoms with Crippen molar-refractivity contribution in [1.29, 1.82) is 0 Å². The fraction of sp³-hybridized carbons (Fsp3) is 0.667. The van der Waals surface area contributed by atoms with E-state index in [1.165, 1.54) is 36.0 Å². The van der Waals surface area contributed by atoms with E-state index in [0.29, 0.717) is 12.5 Å². The summed E-state index contributed by atoms with van der Waals surface area (Å²) in [4.78, 5) is 7.54. The molecule has 1 aliphatic carbocycles. The highest BCUT2D eigenvalue weighted by Gasteiger charge is 2.25. The summed E-state index contributed by atoms with van der Waals surface area (Å²) >= 11 is 5.57. The molecule has 0 spiro atoms. The number of hydrogen-bond acceptors (Lipinski definition) is 4. The predicted octanol–water partition coefficient (Wildman–Crippen LogP) is 2.33. The number of rotatable bonds is 4. The molecule has 0 aromatic carbocycles. The maximum Gasteiger partial charge on any atom is 0.245 e. The number of halogens is 1. The fourth-order valence-electron chi connectivity index (χ4n) is 2.45. The lowest BCUT2D eigenvalue weighted by Crippen LogP contribution is -2.32. The van der Waals surface area contributed by atoms with Gasteiger partial charge in [0.1, 0.15) is 4.90 Å². The van der Waals surface area contributed by atoms with Crippen molar-refractivity contribution in [3.63, 3.8) is 0 Å². The van der Waals surface area contributed by atoms with Crippen molar-refractivity contribution in [2.45, 2.75) is 37.0 Å². The molecule has 1 aromatic heterocycles. The van der Waals surface area contributed by atoms with Crippen LogP contribution in [-0.4, -0.2) is 36.3 Å². The summed E-state index contributed by atoms with van der Waals surface area (Å²) in [7, 11) is -1.90. The number of nitrogens with zero attached hydrogens (tertiary/aromatic N) is 3. The Bertz CT molecular complexity index is 512. The van der Waals surface area contributed by atoms with Crippen LogP contribution in [0.25, 0.3) is 0 Å². The number of sulfonamides is 1. The summed E-state index contributed by atoms with van der Waals surface area (Å²) in [5.74, 6) is 0.460. The van der Waals surface area contributed by atoms with Crippen LogP contribution in [0.15, 0.2) is 17.3 Å². The predicted molar refractivity (Wildman–Crippen MR) is 73.4 cm³/mol. The second-order valence-corrected chi connectivity index (χ2v) is 7.36. The molecule has 0 radical (unpaired) electrons. The lowest BCUT2D eigenvalue weighted by molar-refractivity contribution is 0.300. The molecule has 5 nitrogen and oxygen atoms in total. The average Bonchev–Trinajstić information content (AvgIpc) is 2.40. The molecule has 1 aromatic rings. The molecule has 1 saturated carbocycles. The Kier molecular flexibility index (Phi) is 4.76. The van der Waals surface area contributed by atoms with Gasteiger partial charge in [-0.25, -0.2) is 22.7 Å². The summed E-state index contributed by atoms with van der Waals surface area (Å²) in [6.45, 7) is 0.560. The highest BCUT2D eigenvalue weighted by atomic mass is 35.5. The van der Waals surface area contributed by atoms with Crippen LogP contribution >= 0.6 is 11.6 Å². The first-order valence-electron chi connectivity index (χ1n) is 6.44. The molecular weight excluding hydrogens is 286 g/mol. The topological polar surface area (TPSA) is 63.2 Å². The Morgan fingerprint density at radius 3 is 2.42 bits per heavy atom. The van der Waals surface area contributed by atoms with E-state index in [0.717, 1.165) is 12.8 Å². The van der Waals surface area contributed by atoms with Gasteiger partial charge in [0.05, 0.1) is 12.4 Å². The van der Waals surface area contributed by atoms with E-state index in [-0.39, 0.29) is 10.2 Å². The van der Waals surface area contributed by atoms with E-state index in [4.69, 9.17) is 11.6 Å². The zero-order chi connectivity index (χ0) is 13.9. The Hall–Kier alpha value is -0.720. The van der Waals surface area contributed by atoms with Gasteiger partial charge in [-0.2, -0.15) is 0 Å². The van der Waals surface area contributed by atoms with E-state index < -0.39 is 10.0 Å². The quantitative estimate of drug-likeness (QED) is 0.801. The minimum Gasteiger partial charge on any atom is -0.225 e. The molecule has 0 N–H and O–H groups in total. The maximum atomic E-state index is 12.3. The standard InChI is InChI=1S/C12H18ClN3O2S/c1-16(9-10-5-3-2-4-6-10)19(17,18)11-7-14-12(13)15-8-11/h7-8,10H,2-6,9H2,1H3. The average molecular weight is 304 g/mol. The molecular formula is C12H18ClN3O2S. The van der Waals surface area contributed by atoms with E-state index in [9.17, 15) is 8.42 Å². The molecule has 1 heterocycles. The summed E-state index contributed by atoms with van der Waals surface area (Å²) < 4.78 is 26.0. The minimum atomic E-state index is -3.51. The van der Waals surface area contributed by atoms with Gasteiger partial charge in [-0.05, 0) is 30.4 Å². The molecule has 0 unspecified atom stereocenters. The van der Waals surface area contributed by atoms with Gasteiger partial charge in [-0.15, -0.1) is 0 Å². The first-order valence-corrected chi connectivity index (χ1v) is 8.26. The third kappa shape index (κ3) is 3.64. The molecule has 1 fully saturated rings. The normalized spacial score (nSPS) is 17.8. The summed E-state index contributed by atoms with van der Waals surface area (Å²) in [6.07, 6.45) is 8.38. The molecule has 2 rings (SSSR count). The Morgan fingerprint density at radius 1 is 1.26 bits per heavy atom. The zero-order valence-electron chi connectivity index (χ0n) is 10.9. The number of aromatic nitrogens is 2. The van der Waals surface area contributed by atoms with Gasteiger partial charge in [-0.1, -0.05) is 19.3 Å². The third-order valence-corrected chi connectivity index (χ3v) is 5.52. The Balaban J connectivity index is 2.07. The number of hydrogen-bond donors (Lipinski definition) is 0. The highest BCUT2D eigenvalue weighted by molar-refractivity contribution is 7.89. The van der Waals surface area contributed by atoms with Crippen LogP contribution in [0.1, 0.15) is 32.1 Å². The molecule has 1 aliphatic rings. The van der Waals surface area contributed by atoms with Crippen LogP contribution in [0, 0.1) is 5.92 Å². The molecule has 106 valence electrons. The van der Waals surface area contributed by atoms with Crippen molar-refractivity contribution in [1.82, 2.24) is 14.3 Å². The van der Waals surface area contributed by atoms with Gasteiger partial charge in [0, 0.05) is 13.6 Å². The van der Waals surface area contributed by atoms with Crippen molar-refractivity contribution in [3.8, 4) is 0 Å². The van der Waals surface area contributed by atoms with Crippen molar-refractivity contribution in [2.75, 3.05) is 13.6 Å². The Morgan fingerprint density at radius 2 is 1.84 bits per heavy atom. The monoisotopic (exact) mass is 303 g/mol. The molecule has 0 saturated heterocycles. The fourth-order valence-corrected chi connectivity index (χ4v) is 3.68. The van der Waals surface area contributed by atoms with Crippen LogP contribution in [0.2, 0.25) is 5.28 Å². The smallest absolute Gasteiger partial charge is 0.225 e. The molecule has 0 atom stereocenters. The van der Waals surface area contributed by atoms with E-state index in [1.807, 2.05) is 0 Å². The first kappa shape index (κ1) is 14.7. The van der Waals surface area contributed by atoms with Gasteiger partial charge in [0.15, 0.2) is 0 Å². The van der Waals surface area contributed by atoms with Crippen LogP contribution in [0.4, 0.5) is 0 Å². The van der Waals surface area contributed by atoms with Gasteiger partial charge >= 0.3 is 0 Å². The minimum absolute atomic E-state index is 0.0499. The van der Waals surface area contributed by atoms with Crippen LogP contribution in [-0.2, 0) is 10.0 Å². The lowest BCUT2D eigenvalue weighted by atomic mass is 9.89. The van der Waals surface area contributed by atoms with Crippen molar-refractivity contribution < 1.29 is 8.42 Å². The highest BCUT2D eigenvalue weighted by Crippen LogP contribution is 2.25.